The maximum Gasteiger partial charge on any atom is 0.329 e. The summed E-state index contributed by atoms with van der Waals surface area (Å²) in [6.07, 6.45) is 6.88. The van der Waals surface area contributed by atoms with Crippen LogP contribution in [0.3, 0.4) is 0 Å². The fourth-order valence-electron chi connectivity index (χ4n) is 1.94. The Hall–Kier alpha value is -1.65. The lowest BCUT2D eigenvalue weighted by atomic mass is 10.3. The van der Waals surface area contributed by atoms with Crippen LogP contribution in [0.15, 0.2) is 21.4 Å². The van der Waals surface area contributed by atoms with Crippen LogP contribution in [0.2, 0.25) is 0 Å². The molecule has 3 rings (SSSR count). The highest BCUT2D eigenvalue weighted by Gasteiger charge is 2.29. The van der Waals surface area contributed by atoms with Gasteiger partial charge in [0.1, 0.15) is 22.3 Å². The second kappa shape index (κ2) is 5.86. The van der Waals surface area contributed by atoms with Crippen molar-refractivity contribution in [1.82, 2.24) is 9.78 Å². The van der Waals surface area contributed by atoms with E-state index in [1.165, 1.54) is 12.1 Å². The minimum absolute atomic E-state index is 0.0653. The molecular formula is C15H12BrFN2O2S. The third-order valence-corrected chi connectivity index (χ3v) is 4.85. The van der Waals surface area contributed by atoms with Crippen LogP contribution in [0.1, 0.15) is 30.7 Å². The van der Waals surface area contributed by atoms with Crippen molar-refractivity contribution < 1.29 is 9.13 Å². The van der Waals surface area contributed by atoms with Gasteiger partial charge in [-0.2, -0.15) is 9.78 Å². The van der Waals surface area contributed by atoms with Gasteiger partial charge >= 0.3 is 4.87 Å². The number of halogens is 2. The number of ether oxygens (including phenoxy) is 1. The van der Waals surface area contributed by atoms with Crippen molar-refractivity contribution in [2.45, 2.75) is 31.8 Å². The van der Waals surface area contributed by atoms with Gasteiger partial charge in [0.25, 0.3) is 0 Å². The van der Waals surface area contributed by atoms with E-state index in [1.807, 2.05) is 0 Å². The van der Waals surface area contributed by atoms with Gasteiger partial charge in [-0.25, -0.2) is 4.39 Å². The lowest BCUT2D eigenvalue weighted by Gasteiger charge is -2.12. The molecule has 1 atom stereocenters. The molecule has 22 heavy (non-hydrogen) atoms. The zero-order chi connectivity index (χ0) is 15.9. The molecule has 114 valence electrons. The van der Waals surface area contributed by atoms with E-state index in [-0.39, 0.29) is 10.6 Å². The third kappa shape index (κ3) is 2.94. The van der Waals surface area contributed by atoms with Gasteiger partial charge in [-0.15, -0.1) is 6.42 Å². The minimum Gasteiger partial charge on any atom is -0.477 e. The molecule has 1 saturated carbocycles. The Morgan fingerprint density at radius 1 is 1.59 bits per heavy atom. The maximum absolute atomic E-state index is 14.2. The molecule has 1 unspecified atom stereocenters. The summed E-state index contributed by atoms with van der Waals surface area (Å²) in [4.78, 5) is 11.8. The summed E-state index contributed by atoms with van der Waals surface area (Å²) in [5, 5.41) is 5.00. The number of benzene rings is 1. The molecule has 0 spiro atoms. The van der Waals surface area contributed by atoms with Crippen LogP contribution in [-0.2, 0) is 0 Å². The first-order valence-electron chi connectivity index (χ1n) is 6.72. The number of hydrogen-bond donors (Lipinski definition) is 0. The van der Waals surface area contributed by atoms with Gasteiger partial charge in [-0.1, -0.05) is 17.3 Å². The van der Waals surface area contributed by atoms with Crippen molar-refractivity contribution in [1.29, 1.82) is 0 Å². The Labute approximate surface area is 139 Å². The molecule has 0 aliphatic heterocycles. The van der Waals surface area contributed by atoms with E-state index in [9.17, 15) is 9.18 Å². The Balaban J connectivity index is 2.04. The fourth-order valence-corrected chi connectivity index (χ4v) is 3.27. The van der Waals surface area contributed by atoms with Gasteiger partial charge in [0.05, 0.1) is 4.47 Å². The SMILES string of the molecule is C#CC(C)Oc1cc(-n2nc(C3CC3)sc2=O)c(F)cc1Br. The second-order valence-corrected chi connectivity index (χ2v) is 6.88. The number of terminal acetylenes is 1. The van der Waals surface area contributed by atoms with Crippen LogP contribution < -0.4 is 9.61 Å². The Bertz CT molecular complexity index is 820. The highest BCUT2D eigenvalue weighted by atomic mass is 79.9. The third-order valence-electron chi connectivity index (χ3n) is 3.26. The van der Waals surface area contributed by atoms with Gasteiger partial charge in [-0.05, 0) is 41.8 Å². The predicted molar refractivity (Wildman–Crippen MR) is 86.3 cm³/mol. The average molecular weight is 383 g/mol. The van der Waals surface area contributed by atoms with E-state index in [1.54, 1.807) is 6.92 Å². The van der Waals surface area contributed by atoms with Crippen LogP contribution in [0, 0.1) is 18.2 Å². The second-order valence-electron chi connectivity index (χ2n) is 5.05. The van der Waals surface area contributed by atoms with Crippen molar-refractivity contribution in [3.63, 3.8) is 0 Å². The van der Waals surface area contributed by atoms with Gasteiger partial charge in [-0.3, -0.25) is 4.79 Å². The number of hydrogen-bond acceptors (Lipinski definition) is 4. The first-order chi connectivity index (χ1) is 10.5. The van der Waals surface area contributed by atoms with Crippen molar-refractivity contribution in [2.75, 3.05) is 0 Å². The maximum atomic E-state index is 14.2. The molecule has 1 heterocycles. The number of aromatic nitrogens is 2. The Kier molecular flexibility index (Phi) is 4.06. The molecule has 1 aliphatic carbocycles. The fraction of sp³-hybridized carbons (Fsp3) is 0.333. The minimum atomic E-state index is -0.553. The van der Waals surface area contributed by atoms with E-state index < -0.39 is 11.9 Å². The normalized spacial score (nSPS) is 15.4. The molecule has 0 saturated heterocycles. The van der Waals surface area contributed by atoms with E-state index in [0.717, 1.165) is 33.9 Å². The summed E-state index contributed by atoms with van der Waals surface area (Å²) in [6.45, 7) is 1.70. The average Bonchev–Trinajstić information content (AvgIpc) is 3.25. The molecule has 1 fully saturated rings. The number of rotatable bonds is 4. The van der Waals surface area contributed by atoms with Crippen molar-refractivity contribution in [3.8, 4) is 23.8 Å². The Morgan fingerprint density at radius 2 is 2.32 bits per heavy atom. The highest BCUT2D eigenvalue weighted by Crippen LogP contribution is 2.40. The molecular weight excluding hydrogens is 371 g/mol. The van der Waals surface area contributed by atoms with Crippen LogP contribution in [-0.4, -0.2) is 15.9 Å². The smallest absolute Gasteiger partial charge is 0.329 e. The first-order valence-corrected chi connectivity index (χ1v) is 8.33. The largest absolute Gasteiger partial charge is 0.477 e. The molecule has 1 aromatic heterocycles. The van der Waals surface area contributed by atoms with Crippen LogP contribution in [0.25, 0.3) is 5.69 Å². The summed E-state index contributed by atoms with van der Waals surface area (Å²) >= 11 is 4.29. The lowest BCUT2D eigenvalue weighted by Crippen LogP contribution is -2.15. The van der Waals surface area contributed by atoms with Crippen LogP contribution >= 0.6 is 27.3 Å². The molecule has 7 heteroatoms. The molecule has 0 N–H and O–H groups in total. The van der Waals surface area contributed by atoms with Gasteiger partial charge < -0.3 is 4.74 Å². The van der Waals surface area contributed by atoms with Gasteiger partial charge in [0, 0.05) is 12.0 Å². The lowest BCUT2D eigenvalue weighted by molar-refractivity contribution is 0.276. The molecule has 1 aromatic carbocycles. The predicted octanol–water partition coefficient (Wildman–Crippen LogP) is 3.47. The number of nitrogens with zero attached hydrogens (tertiary/aromatic N) is 2. The molecule has 0 radical (unpaired) electrons. The van der Waals surface area contributed by atoms with Crippen molar-refractivity contribution >= 4 is 27.3 Å². The summed E-state index contributed by atoms with van der Waals surface area (Å²) in [5.41, 5.74) is 0.0653. The van der Waals surface area contributed by atoms with Crippen molar-refractivity contribution in [2.24, 2.45) is 0 Å². The molecule has 2 aromatic rings. The van der Waals surface area contributed by atoms with E-state index in [0.29, 0.717) is 16.1 Å². The Morgan fingerprint density at radius 3 is 2.95 bits per heavy atom. The van der Waals surface area contributed by atoms with Gasteiger partial charge in [0.15, 0.2) is 6.10 Å². The summed E-state index contributed by atoms with van der Waals surface area (Å²) < 4.78 is 21.3. The summed E-state index contributed by atoms with van der Waals surface area (Å²) in [7, 11) is 0. The molecule has 0 bridgehead atoms. The standard InChI is InChI=1S/C15H12BrFN2O2S/c1-3-8(2)21-13-7-12(11(17)6-10(13)16)19-15(20)22-14(18-19)9-4-5-9/h1,6-9H,4-5H2,2H3. The highest BCUT2D eigenvalue weighted by molar-refractivity contribution is 9.10. The summed E-state index contributed by atoms with van der Waals surface area (Å²) in [6, 6.07) is 2.68. The first kappa shape index (κ1) is 15.3. The zero-order valence-corrected chi connectivity index (χ0v) is 14.1. The molecule has 1 aliphatic rings. The van der Waals surface area contributed by atoms with Crippen LogP contribution in [0.4, 0.5) is 4.39 Å². The van der Waals surface area contributed by atoms with E-state index >= 15 is 0 Å². The molecule has 0 amide bonds. The quantitative estimate of drug-likeness (QED) is 0.760. The topological polar surface area (TPSA) is 44.1 Å². The monoisotopic (exact) mass is 382 g/mol. The van der Waals surface area contributed by atoms with Crippen LogP contribution in [0.5, 0.6) is 5.75 Å². The van der Waals surface area contributed by atoms with Gasteiger partial charge in [0.2, 0.25) is 0 Å². The zero-order valence-electron chi connectivity index (χ0n) is 11.7. The van der Waals surface area contributed by atoms with Crippen molar-refractivity contribution in [3.05, 3.63) is 37.1 Å². The summed E-state index contributed by atoms with van der Waals surface area (Å²) in [5.74, 6) is 2.59. The van der Waals surface area contributed by atoms with E-state index in [4.69, 9.17) is 11.2 Å². The van der Waals surface area contributed by atoms with E-state index in [2.05, 4.69) is 26.9 Å². The molecule has 4 nitrogen and oxygen atoms in total.